The van der Waals surface area contributed by atoms with Crippen LogP contribution in [0.15, 0.2) is 0 Å². The largest absolute Gasteiger partial charge is 0.353 e. The van der Waals surface area contributed by atoms with Crippen LogP contribution >= 0.6 is 12.4 Å². The van der Waals surface area contributed by atoms with E-state index >= 15 is 0 Å². The van der Waals surface area contributed by atoms with Crippen molar-refractivity contribution in [2.24, 2.45) is 5.92 Å². The van der Waals surface area contributed by atoms with Crippen molar-refractivity contribution < 1.29 is 13.6 Å². The summed E-state index contributed by atoms with van der Waals surface area (Å²) in [5.74, 6) is -2.65. The summed E-state index contributed by atoms with van der Waals surface area (Å²) < 4.78 is 24.9. The number of nitrogens with one attached hydrogen (secondary N) is 2. The normalized spacial score (nSPS) is 29.1. The van der Waals surface area contributed by atoms with Gasteiger partial charge in [-0.3, -0.25) is 4.79 Å². The summed E-state index contributed by atoms with van der Waals surface area (Å²) in [4.78, 5) is 11.5. The minimum atomic E-state index is -2.55. The second kappa shape index (κ2) is 4.61. The summed E-state index contributed by atoms with van der Waals surface area (Å²) in [5, 5.41) is 5.72. The van der Waals surface area contributed by atoms with E-state index in [1.54, 1.807) is 0 Å². The van der Waals surface area contributed by atoms with E-state index in [2.05, 4.69) is 10.6 Å². The van der Waals surface area contributed by atoms with Crippen molar-refractivity contribution in [2.45, 2.75) is 31.2 Å². The molecule has 3 nitrogen and oxygen atoms in total. The summed E-state index contributed by atoms with van der Waals surface area (Å²) in [5.41, 5.74) is 0. The van der Waals surface area contributed by atoms with Crippen LogP contribution in [0.4, 0.5) is 8.78 Å². The highest BCUT2D eigenvalue weighted by Gasteiger charge is 2.46. The first kappa shape index (κ1) is 12.6. The molecule has 1 aliphatic carbocycles. The van der Waals surface area contributed by atoms with Crippen molar-refractivity contribution in [2.75, 3.05) is 13.1 Å². The second-order valence-electron chi connectivity index (χ2n) is 4.16. The Hall–Kier alpha value is -0.420. The van der Waals surface area contributed by atoms with E-state index in [1.807, 2.05) is 0 Å². The molecule has 0 radical (unpaired) electrons. The van der Waals surface area contributed by atoms with E-state index < -0.39 is 5.92 Å². The number of carbonyl (C=O) groups excluding carboxylic acids is 1. The highest BCUT2D eigenvalue weighted by molar-refractivity contribution is 5.85. The van der Waals surface area contributed by atoms with Gasteiger partial charge >= 0.3 is 0 Å². The van der Waals surface area contributed by atoms with Gasteiger partial charge in [0.15, 0.2) is 0 Å². The lowest BCUT2D eigenvalue weighted by molar-refractivity contribution is -0.132. The van der Waals surface area contributed by atoms with Crippen molar-refractivity contribution >= 4 is 18.3 Å². The van der Waals surface area contributed by atoms with Gasteiger partial charge in [-0.05, 0) is 13.0 Å². The van der Waals surface area contributed by atoms with Crippen molar-refractivity contribution in [1.82, 2.24) is 10.6 Å². The molecule has 2 fully saturated rings. The fourth-order valence-corrected chi connectivity index (χ4v) is 1.96. The Morgan fingerprint density at radius 1 is 1.40 bits per heavy atom. The lowest BCUT2D eigenvalue weighted by atomic mass is 9.88. The molecule has 88 valence electrons. The van der Waals surface area contributed by atoms with Gasteiger partial charge in [0.1, 0.15) is 0 Å². The van der Waals surface area contributed by atoms with Crippen LogP contribution in [0.2, 0.25) is 0 Å². The number of alkyl halides is 2. The Morgan fingerprint density at radius 2 is 2.07 bits per heavy atom. The Labute approximate surface area is 93.4 Å². The summed E-state index contributed by atoms with van der Waals surface area (Å²) in [7, 11) is 0. The van der Waals surface area contributed by atoms with Gasteiger partial charge in [0.05, 0.1) is 5.92 Å². The van der Waals surface area contributed by atoms with Gasteiger partial charge in [0.2, 0.25) is 5.91 Å². The molecule has 0 unspecified atom stereocenters. The average Bonchev–Trinajstić information content (AvgIpc) is 2.51. The Balaban J connectivity index is 0.00000112. The molecule has 2 N–H and O–H groups in total. The van der Waals surface area contributed by atoms with E-state index in [0.717, 1.165) is 13.0 Å². The quantitative estimate of drug-likeness (QED) is 0.754. The predicted octanol–water partition coefficient (Wildman–Crippen LogP) is 0.932. The fourth-order valence-electron chi connectivity index (χ4n) is 1.96. The van der Waals surface area contributed by atoms with Gasteiger partial charge in [-0.2, -0.15) is 0 Å². The van der Waals surface area contributed by atoms with E-state index in [9.17, 15) is 13.6 Å². The van der Waals surface area contributed by atoms with Crippen molar-refractivity contribution in [1.29, 1.82) is 0 Å². The molecule has 1 saturated carbocycles. The third-order valence-corrected chi connectivity index (χ3v) is 2.87. The van der Waals surface area contributed by atoms with Gasteiger partial charge < -0.3 is 10.6 Å². The van der Waals surface area contributed by atoms with Gasteiger partial charge in [-0.15, -0.1) is 12.4 Å². The van der Waals surface area contributed by atoms with Gasteiger partial charge in [-0.1, -0.05) is 0 Å². The second-order valence-corrected chi connectivity index (χ2v) is 4.16. The topological polar surface area (TPSA) is 41.1 Å². The van der Waals surface area contributed by atoms with E-state index in [1.165, 1.54) is 0 Å². The van der Waals surface area contributed by atoms with Crippen LogP contribution in [0.3, 0.4) is 0 Å². The van der Waals surface area contributed by atoms with Gasteiger partial charge in [0, 0.05) is 25.4 Å². The molecule has 0 aromatic carbocycles. The zero-order valence-electron chi connectivity index (χ0n) is 8.26. The zero-order chi connectivity index (χ0) is 10.2. The molecular weight excluding hydrogens is 226 g/mol. The first-order valence-corrected chi connectivity index (χ1v) is 4.96. The third-order valence-electron chi connectivity index (χ3n) is 2.87. The lowest BCUT2D eigenvalue weighted by Gasteiger charge is -2.35. The smallest absolute Gasteiger partial charge is 0.252 e. The number of rotatable bonds is 2. The summed E-state index contributed by atoms with van der Waals surface area (Å²) >= 11 is 0. The van der Waals surface area contributed by atoms with Crippen LogP contribution in [0.1, 0.15) is 19.3 Å². The molecule has 15 heavy (non-hydrogen) atoms. The third kappa shape index (κ3) is 3.01. The molecule has 1 heterocycles. The maximum atomic E-state index is 12.5. The number of amides is 1. The van der Waals surface area contributed by atoms with Crippen LogP contribution in [0.5, 0.6) is 0 Å². The molecular formula is C9H15ClF2N2O. The van der Waals surface area contributed by atoms with Crippen LogP contribution in [0.25, 0.3) is 0 Å². The molecule has 1 aliphatic heterocycles. The first-order chi connectivity index (χ1) is 6.57. The SMILES string of the molecule is Cl.O=C(NC1CC(F)(F)C1)[C@@H]1CCNC1. The van der Waals surface area contributed by atoms with Gasteiger partial charge in [-0.25, -0.2) is 8.78 Å². The van der Waals surface area contributed by atoms with Crippen LogP contribution in [-0.2, 0) is 4.79 Å². The van der Waals surface area contributed by atoms with Crippen molar-refractivity contribution in [3.8, 4) is 0 Å². The molecule has 0 aromatic heterocycles. The molecule has 1 amide bonds. The first-order valence-electron chi connectivity index (χ1n) is 4.96. The highest BCUT2D eigenvalue weighted by Crippen LogP contribution is 2.37. The lowest BCUT2D eigenvalue weighted by Crippen LogP contribution is -2.52. The predicted molar refractivity (Wildman–Crippen MR) is 54.3 cm³/mol. The van der Waals surface area contributed by atoms with E-state index in [0.29, 0.717) is 6.54 Å². The zero-order valence-corrected chi connectivity index (χ0v) is 9.08. The van der Waals surface area contributed by atoms with Crippen molar-refractivity contribution in [3.63, 3.8) is 0 Å². The summed E-state index contributed by atoms with van der Waals surface area (Å²) in [6.45, 7) is 1.52. The molecule has 2 rings (SSSR count). The maximum absolute atomic E-state index is 12.5. The fraction of sp³-hybridized carbons (Fsp3) is 0.889. The number of hydrogen-bond acceptors (Lipinski definition) is 2. The minimum absolute atomic E-state index is 0. The standard InChI is InChI=1S/C9H14F2N2O.ClH/c10-9(11)3-7(4-9)13-8(14)6-1-2-12-5-6;/h6-7,12H,1-5H2,(H,13,14);1H/t6-;/m1./s1. The van der Waals surface area contributed by atoms with E-state index in [-0.39, 0.29) is 43.1 Å². The molecule has 1 saturated heterocycles. The Kier molecular flexibility index (Phi) is 3.89. The van der Waals surface area contributed by atoms with Crippen LogP contribution < -0.4 is 10.6 Å². The van der Waals surface area contributed by atoms with Crippen LogP contribution in [0, 0.1) is 5.92 Å². The Morgan fingerprint density at radius 3 is 2.53 bits per heavy atom. The number of carbonyl (C=O) groups is 1. The number of halogens is 3. The summed E-state index contributed by atoms with van der Waals surface area (Å²) in [6, 6.07) is -0.307. The Bertz CT molecular complexity index is 236. The van der Waals surface area contributed by atoms with Crippen molar-refractivity contribution in [3.05, 3.63) is 0 Å². The highest BCUT2D eigenvalue weighted by atomic mass is 35.5. The molecule has 6 heteroatoms. The number of hydrogen-bond donors (Lipinski definition) is 2. The molecule has 0 bridgehead atoms. The minimum Gasteiger partial charge on any atom is -0.353 e. The molecule has 1 atom stereocenters. The molecule has 2 aliphatic rings. The van der Waals surface area contributed by atoms with Crippen LogP contribution in [-0.4, -0.2) is 31.0 Å². The monoisotopic (exact) mass is 240 g/mol. The average molecular weight is 241 g/mol. The summed E-state index contributed by atoms with van der Waals surface area (Å²) in [6.07, 6.45) is 0.423. The maximum Gasteiger partial charge on any atom is 0.252 e. The van der Waals surface area contributed by atoms with E-state index in [4.69, 9.17) is 0 Å². The van der Waals surface area contributed by atoms with Gasteiger partial charge in [0.25, 0.3) is 5.92 Å². The molecule has 0 aromatic rings. The molecule has 0 spiro atoms.